The van der Waals surface area contributed by atoms with Gasteiger partial charge in [-0.2, -0.15) is 0 Å². The molecule has 1 aromatic heterocycles. The van der Waals surface area contributed by atoms with E-state index in [-0.39, 0.29) is 24.8 Å². The molecule has 10 heteroatoms. The van der Waals surface area contributed by atoms with Crippen molar-refractivity contribution >= 4 is 34.2 Å². The van der Waals surface area contributed by atoms with Crippen LogP contribution in [0.4, 0.5) is 5.13 Å². The number of nitrogens with zero attached hydrogens (tertiary/aromatic N) is 4. The lowest BCUT2D eigenvalue weighted by Crippen LogP contribution is -2.45. The third kappa shape index (κ3) is 5.18. The Bertz CT molecular complexity index is 1500. The summed E-state index contributed by atoms with van der Waals surface area (Å²) in [4.78, 5) is 49.1. The quantitative estimate of drug-likeness (QED) is 0.369. The maximum Gasteiger partial charge on any atom is 0.254 e. The molecule has 3 aliphatic rings. The van der Waals surface area contributed by atoms with Crippen molar-refractivity contribution in [3.63, 3.8) is 0 Å². The van der Waals surface area contributed by atoms with Crippen LogP contribution in [-0.2, 0) is 22.7 Å². The maximum absolute atomic E-state index is 13.1. The fraction of sp³-hybridized carbons (Fsp3) is 0.333. The molecular formula is C30H29N5O4S. The standard InChI is InChI=1S/C30H29N5O4S/c1-39-24-7-6-23-19-35(27(37)25(23)16-24)20-30(17-26(36)32-28(30)38)9-8-21-2-4-22(5-3-21)18-33-11-13-34(14-12-33)29-31-10-15-40-29/h2-7,10,15-16H,11-14,17-20H2,1H3,(H,32,36,38)/t30-/m1/s1. The first-order valence-electron chi connectivity index (χ1n) is 13.2. The molecule has 4 heterocycles. The molecule has 0 saturated carbocycles. The van der Waals surface area contributed by atoms with Crippen molar-refractivity contribution in [2.45, 2.75) is 19.5 Å². The minimum absolute atomic E-state index is 0.0401. The number of benzene rings is 2. The number of aromatic nitrogens is 1. The zero-order valence-electron chi connectivity index (χ0n) is 22.2. The maximum atomic E-state index is 13.1. The van der Waals surface area contributed by atoms with Gasteiger partial charge in [-0.05, 0) is 35.4 Å². The summed E-state index contributed by atoms with van der Waals surface area (Å²) in [5.74, 6) is 5.76. The minimum Gasteiger partial charge on any atom is -0.497 e. The third-order valence-corrected chi connectivity index (χ3v) is 8.51. The number of ether oxygens (including phenoxy) is 1. The minimum atomic E-state index is -1.30. The predicted molar refractivity (Wildman–Crippen MR) is 151 cm³/mol. The first-order valence-corrected chi connectivity index (χ1v) is 14.1. The monoisotopic (exact) mass is 555 g/mol. The van der Waals surface area contributed by atoms with E-state index < -0.39 is 11.3 Å². The van der Waals surface area contributed by atoms with Gasteiger partial charge in [-0.1, -0.05) is 30.0 Å². The molecule has 0 unspecified atom stereocenters. The summed E-state index contributed by atoms with van der Waals surface area (Å²) in [6, 6.07) is 13.4. The van der Waals surface area contributed by atoms with Gasteiger partial charge in [0.05, 0.1) is 13.5 Å². The first-order chi connectivity index (χ1) is 19.4. The lowest BCUT2D eigenvalue weighted by molar-refractivity contribution is -0.127. The Balaban J connectivity index is 1.13. The predicted octanol–water partition coefficient (Wildman–Crippen LogP) is 2.51. The summed E-state index contributed by atoms with van der Waals surface area (Å²) in [6.45, 7) is 5.10. The second kappa shape index (κ2) is 10.8. The van der Waals surface area contributed by atoms with Gasteiger partial charge < -0.3 is 14.5 Å². The van der Waals surface area contributed by atoms with Crippen LogP contribution in [0.3, 0.4) is 0 Å². The molecule has 0 radical (unpaired) electrons. The van der Waals surface area contributed by atoms with E-state index in [2.05, 4.69) is 44.1 Å². The van der Waals surface area contributed by atoms with E-state index >= 15 is 0 Å². The lowest BCUT2D eigenvalue weighted by Gasteiger charge is -2.34. The summed E-state index contributed by atoms with van der Waals surface area (Å²) < 4.78 is 5.26. The average Bonchev–Trinajstić information content (AvgIpc) is 3.68. The van der Waals surface area contributed by atoms with E-state index in [1.54, 1.807) is 29.4 Å². The second-order valence-electron chi connectivity index (χ2n) is 10.3. The molecule has 1 N–H and O–H groups in total. The summed E-state index contributed by atoms with van der Waals surface area (Å²) in [7, 11) is 1.55. The lowest BCUT2D eigenvalue weighted by atomic mass is 9.85. The molecule has 2 aromatic carbocycles. The van der Waals surface area contributed by atoms with Gasteiger partial charge in [-0.15, -0.1) is 11.3 Å². The molecule has 0 bridgehead atoms. The number of carbonyl (C=O) groups excluding carboxylic acids is 3. The highest BCUT2D eigenvalue weighted by Gasteiger charge is 2.48. The van der Waals surface area contributed by atoms with E-state index in [0.29, 0.717) is 17.9 Å². The van der Waals surface area contributed by atoms with Crippen LogP contribution in [0.25, 0.3) is 0 Å². The topological polar surface area (TPSA) is 95.1 Å². The average molecular weight is 556 g/mol. The Labute approximate surface area is 236 Å². The molecule has 3 aromatic rings. The molecule has 3 aliphatic heterocycles. The van der Waals surface area contributed by atoms with Crippen LogP contribution in [0.5, 0.6) is 5.75 Å². The first kappa shape index (κ1) is 26.0. The number of imide groups is 1. The van der Waals surface area contributed by atoms with Crippen LogP contribution < -0.4 is 15.0 Å². The Morgan fingerprint density at radius 1 is 1.07 bits per heavy atom. The smallest absolute Gasteiger partial charge is 0.254 e. The zero-order chi connectivity index (χ0) is 27.7. The van der Waals surface area contributed by atoms with Gasteiger partial charge in [0.1, 0.15) is 11.2 Å². The number of nitrogens with one attached hydrogen (secondary N) is 1. The molecule has 2 fully saturated rings. The summed E-state index contributed by atoms with van der Waals surface area (Å²) in [5.41, 5.74) is 2.05. The molecule has 0 aliphatic carbocycles. The number of piperazine rings is 1. The van der Waals surface area contributed by atoms with Crippen LogP contribution in [0.15, 0.2) is 54.0 Å². The molecule has 6 rings (SSSR count). The van der Waals surface area contributed by atoms with Crippen LogP contribution >= 0.6 is 11.3 Å². The normalized spacial score (nSPS) is 20.8. The number of rotatable bonds is 6. The molecule has 204 valence electrons. The summed E-state index contributed by atoms with van der Waals surface area (Å²) in [6.07, 6.45) is 1.77. The zero-order valence-corrected chi connectivity index (χ0v) is 23.0. The Morgan fingerprint density at radius 2 is 1.88 bits per heavy atom. The number of methoxy groups -OCH3 is 1. The largest absolute Gasteiger partial charge is 0.497 e. The van der Waals surface area contributed by atoms with Gasteiger partial charge in [0.2, 0.25) is 11.8 Å². The fourth-order valence-electron chi connectivity index (χ4n) is 5.45. The Kier molecular flexibility index (Phi) is 7.00. The van der Waals surface area contributed by atoms with Crippen molar-refractivity contribution in [3.8, 4) is 17.6 Å². The highest BCUT2D eigenvalue weighted by molar-refractivity contribution is 7.13. The van der Waals surface area contributed by atoms with Crippen molar-refractivity contribution in [2.24, 2.45) is 5.41 Å². The Morgan fingerprint density at radius 3 is 2.55 bits per heavy atom. The van der Waals surface area contributed by atoms with Gasteiger partial charge >= 0.3 is 0 Å². The van der Waals surface area contributed by atoms with E-state index in [9.17, 15) is 14.4 Å². The van der Waals surface area contributed by atoms with E-state index in [4.69, 9.17) is 4.74 Å². The molecule has 1 atom stereocenters. The van der Waals surface area contributed by atoms with Crippen molar-refractivity contribution < 1.29 is 19.1 Å². The summed E-state index contributed by atoms with van der Waals surface area (Å²) >= 11 is 1.67. The van der Waals surface area contributed by atoms with E-state index in [1.165, 1.54) is 5.56 Å². The molecule has 2 saturated heterocycles. The van der Waals surface area contributed by atoms with Crippen molar-refractivity contribution in [3.05, 3.63) is 76.3 Å². The van der Waals surface area contributed by atoms with Crippen molar-refractivity contribution in [1.29, 1.82) is 0 Å². The molecule has 0 spiro atoms. The van der Waals surface area contributed by atoms with Crippen LogP contribution in [0.1, 0.15) is 33.5 Å². The molecule has 9 nitrogen and oxygen atoms in total. The number of carbonyl (C=O) groups is 3. The Hall–Kier alpha value is -4.20. The van der Waals surface area contributed by atoms with Crippen molar-refractivity contribution in [2.75, 3.05) is 44.7 Å². The number of thiazole rings is 1. The number of hydrogen-bond acceptors (Lipinski definition) is 8. The number of amides is 3. The van der Waals surface area contributed by atoms with Gasteiger partial charge in [-0.3, -0.25) is 24.6 Å². The fourth-order valence-corrected chi connectivity index (χ4v) is 6.14. The number of hydrogen-bond donors (Lipinski definition) is 1. The SMILES string of the molecule is COc1ccc2c(c1)C(=O)N(C[C@@]1(C#Cc3ccc(CN4CCN(c5nccs5)CC4)cc3)CC(=O)NC1=O)C2. The highest BCUT2D eigenvalue weighted by Crippen LogP contribution is 2.33. The van der Waals surface area contributed by atoms with Crippen LogP contribution in [-0.4, -0.2) is 72.3 Å². The van der Waals surface area contributed by atoms with Crippen molar-refractivity contribution in [1.82, 2.24) is 20.1 Å². The summed E-state index contributed by atoms with van der Waals surface area (Å²) in [5, 5.41) is 5.48. The van der Waals surface area contributed by atoms with Gasteiger partial charge in [0.15, 0.2) is 5.13 Å². The van der Waals surface area contributed by atoms with E-state index in [1.807, 2.05) is 35.8 Å². The highest BCUT2D eigenvalue weighted by atomic mass is 32.1. The third-order valence-electron chi connectivity index (χ3n) is 7.67. The molecule has 40 heavy (non-hydrogen) atoms. The second-order valence-corrected chi connectivity index (χ2v) is 11.2. The van der Waals surface area contributed by atoms with Crippen LogP contribution in [0, 0.1) is 17.3 Å². The van der Waals surface area contributed by atoms with Gasteiger partial charge in [-0.25, -0.2) is 4.98 Å². The van der Waals surface area contributed by atoms with Gasteiger partial charge in [0, 0.05) is 68.5 Å². The number of anilines is 1. The molecular weight excluding hydrogens is 526 g/mol. The molecule has 3 amide bonds. The van der Waals surface area contributed by atoms with Gasteiger partial charge in [0.25, 0.3) is 5.91 Å². The van der Waals surface area contributed by atoms with Crippen LogP contribution in [0.2, 0.25) is 0 Å². The van der Waals surface area contributed by atoms with E-state index in [0.717, 1.165) is 49.0 Å². The number of fused-ring (bicyclic) bond motifs is 1.